The second kappa shape index (κ2) is 4.90. The number of phenolic OH excluding ortho intramolecular Hbond substituents is 1. The van der Waals surface area contributed by atoms with Gasteiger partial charge in [0.25, 0.3) is 0 Å². The van der Waals surface area contributed by atoms with Crippen LogP contribution in [0.25, 0.3) is 0 Å². The lowest BCUT2D eigenvalue weighted by molar-refractivity contribution is 0.0617. The molecule has 1 N–H and O–H groups in total. The zero-order valence-corrected chi connectivity index (χ0v) is 11.0. The van der Waals surface area contributed by atoms with Crippen LogP contribution in [0.3, 0.4) is 0 Å². The molecule has 0 spiro atoms. The van der Waals surface area contributed by atoms with Gasteiger partial charge in [0, 0.05) is 11.8 Å². The van der Waals surface area contributed by atoms with E-state index in [1.165, 1.54) is 14.2 Å². The Bertz CT molecular complexity index is 448. The van der Waals surface area contributed by atoms with Crippen LogP contribution in [0.4, 0.5) is 0 Å². The lowest BCUT2D eigenvalue weighted by atomic mass is 9.90. The highest BCUT2D eigenvalue weighted by Crippen LogP contribution is 2.47. The molecule has 3 atom stereocenters. The summed E-state index contributed by atoms with van der Waals surface area (Å²) in [7, 11) is 3.03. The number of ether oxygens (including phenoxy) is 4. The zero-order valence-electron chi connectivity index (χ0n) is 11.0. The van der Waals surface area contributed by atoms with E-state index in [4.69, 9.17) is 18.9 Å². The van der Waals surface area contributed by atoms with Crippen LogP contribution in [-0.2, 0) is 9.47 Å². The van der Waals surface area contributed by atoms with Gasteiger partial charge in [0.2, 0.25) is 5.75 Å². The molecule has 0 saturated carbocycles. The van der Waals surface area contributed by atoms with Gasteiger partial charge in [-0.2, -0.15) is 0 Å². The summed E-state index contributed by atoms with van der Waals surface area (Å²) in [6, 6.07) is 3.59. The van der Waals surface area contributed by atoms with Crippen molar-refractivity contribution in [2.45, 2.75) is 6.10 Å². The van der Waals surface area contributed by atoms with Crippen molar-refractivity contribution in [2.24, 2.45) is 11.8 Å². The molecule has 2 aliphatic rings. The Labute approximate surface area is 112 Å². The summed E-state index contributed by atoms with van der Waals surface area (Å²) in [6.45, 7) is 3.20. The van der Waals surface area contributed by atoms with E-state index in [9.17, 15) is 5.11 Å². The van der Waals surface area contributed by atoms with Crippen molar-refractivity contribution in [2.75, 3.05) is 27.4 Å². The molecule has 1 radical (unpaired) electrons. The number of aromatic hydroxyl groups is 1. The van der Waals surface area contributed by atoms with Crippen LogP contribution in [0, 0.1) is 18.4 Å². The Morgan fingerprint density at radius 2 is 1.84 bits per heavy atom. The van der Waals surface area contributed by atoms with Crippen LogP contribution in [0.1, 0.15) is 11.7 Å². The van der Waals surface area contributed by atoms with Crippen LogP contribution in [0.2, 0.25) is 0 Å². The number of phenols is 1. The Kier molecular flexibility index (Phi) is 3.24. The van der Waals surface area contributed by atoms with Crippen LogP contribution in [-0.4, -0.2) is 32.5 Å². The topological polar surface area (TPSA) is 57.2 Å². The van der Waals surface area contributed by atoms with E-state index in [2.05, 4.69) is 0 Å². The largest absolute Gasteiger partial charge is 0.502 e. The van der Waals surface area contributed by atoms with E-state index in [1.54, 1.807) is 12.1 Å². The third-order valence-corrected chi connectivity index (χ3v) is 3.80. The van der Waals surface area contributed by atoms with Gasteiger partial charge in [0.15, 0.2) is 11.5 Å². The SMILES string of the molecule is COc1cc(C2OCC3[CH]OCC32)cc(OC)c1O. The number of rotatable bonds is 3. The molecular weight excluding hydrogens is 248 g/mol. The number of benzene rings is 1. The summed E-state index contributed by atoms with van der Waals surface area (Å²) in [5, 5.41) is 9.92. The molecule has 103 valence electrons. The Morgan fingerprint density at radius 1 is 1.16 bits per heavy atom. The summed E-state index contributed by atoms with van der Waals surface area (Å²) < 4.78 is 21.6. The minimum absolute atomic E-state index is 0.0116. The summed E-state index contributed by atoms with van der Waals surface area (Å²) in [6.07, 6.45) is -0.0489. The van der Waals surface area contributed by atoms with Gasteiger partial charge >= 0.3 is 0 Å². The number of hydrogen-bond acceptors (Lipinski definition) is 5. The van der Waals surface area contributed by atoms with Crippen molar-refractivity contribution in [3.05, 3.63) is 24.3 Å². The molecule has 5 nitrogen and oxygen atoms in total. The Balaban J connectivity index is 1.96. The highest BCUT2D eigenvalue weighted by atomic mass is 16.5. The minimum Gasteiger partial charge on any atom is -0.502 e. The van der Waals surface area contributed by atoms with Gasteiger partial charge in [-0.05, 0) is 17.7 Å². The molecule has 0 amide bonds. The molecule has 19 heavy (non-hydrogen) atoms. The van der Waals surface area contributed by atoms with Crippen molar-refractivity contribution in [1.29, 1.82) is 0 Å². The average molecular weight is 265 g/mol. The lowest BCUT2D eigenvalue weighted by Gasteiger charge is -2.19. The quantitative estimate of drug-likeness (QED) is 0.904. The molecule has 5 heteroatoms. The van der Waals surface area contributed by atoms with E-state index in [0.29, 0.717) is 36.5 Å². The van der Waals surface area contributed by atoms with Gasteiger partial charge in [-0.15, -0.1) is 0 Å². The summed E-state index contributed by atoms with van der Waals surface area (Å²) in [5.74, 6) is 1.46. The molecule has 2 saturated heterocycles. The van der Waals surface area contributed by atoms with Gasteiger partial charge in [-0.25, -0.2) is 0 Å². The molecule has 2 heterocycles. The van der Waals surface area contributed by atoms with Crippen molar-refractivity contribution in [3.8, 4) is 17.2 Å². The first-order valence-electron chi connectivity index (χ1n) is 6.26. The smallest absolute Gasteiger partial charge is 0.200 e. The third-order valence-electron chi connectivity index (χ3n) is 3.80. The highest BCUT2D eigenvalue weighted by Gasteiger charge is 2.42. The van der Waals surface area contributed by atoms with Gasteiger partial charge in [-0.1, -0.05) is 0 Å². The van der Waals surface area contributed by atoms with Gasteiger partial charge in [0.05, 0.1) is 40.1 Å². The second-order valence-electron chi connectivity index (χ2n) is 4.83. The molecule has 0 bridgehead atoms. The van der Waals surface area contributed by atoms with Crippen molar-refractivity contribution in [1.82, 2.24) is 0 Å². The molecular formula is C14H17O5. The average Bonchev–Trinajstić information content (AvgIpc) is 3.01. The van der Waals surface area contributed by atoms with E-state index in [0.717, 1.165) is 5.56 Å². The Hall–Kier alpha value is -1.46. The Morgan fingerprint density at radius 3 is 2.47 bits per heavy atom. The maximum absolute atomic E-state index is 9.92. The first kappa shape index (κ1) is 12.6. The number of hydrogen-bond donors (Lipinski definition) is 1. The molecule has 2 fully saturated rings. The normalized spacial score (nSPS) is 29.3. The molecule has 2 aliphatic heterocycles. The first-order chi connectivity index (χ1) is 9.24. The van der Waals surface area contributed by atoms with Crippen LogP contribution < -0.4 is 9.47 Å². The van der Waals surface area contributed by atoms with E-state index in [-0.39, 0.29) is 11.9 Å². The lowest BCUT2D eigenvalue weighted by Crippen LogP contribution is -2.12. The highest BCUT2D eigenvalue weighted by molar-refractivity contribution is 5.53. The maximum atomic E-state index is 9.92. The molecule has 1 aromatic carbocycles. The van der Waals surface area contributed by atoms with Crippen molar-refractivity contribution < 1.29 is 24.1 Å². The fraction of sp³-hybridized carbons (Fsp3) is 0.500. The van der Waals surface area contributed by atoms with E-state index in [1.807, 2.05) is 6.61 Å². The van der Waals surface area contributed by atoms with E-state index >= 15 is 0 Å². The summed E-state index contributed by atoms with van der Waals surface area (Å²) in [4.78, 5) is 0. The predicted octanol–water partition coefficient (Wildman–Crippen LogP) is 1.91. The van der Waals surface area contributed by atoms with Crippen LogP contribution in [0.5, 0.6) is 17.2 Å². The molecule has 3 unspecified atom stereocenters. The second-order valence-corrected chi connectivity index (χ2v) is 4.83. The van der Waals surface area contributed by atoms with E-state index < -0.39 is 0 Å². The van der Waals surface area contributed by atoms with Gasteiger partial charge in [0.1, 0.15) is 0 Å². The molecule has 0 aliphatic carbocycles. The number of fused-ring (bicyclic) bond motifs is 1. The zero-order chi connectivity index (χ0) is 13.4. The van der Waals surface area contributed by atoms with Crippen molar-refractivity contribution >= 4 is 0 Å². The monoisotopic (exact) mass is 265 g/mol. The molecule has 0 aromatic heterocycles. The molecule has 1 aromatic rings. The fourth-order valence-electron chi connectivity index (χ4n) is 2.75. The summed E-state index contributed by atoms with van der Waals surface area (Å²) in [5.41, 5.74) is 0.943. The van der Waals surface area contributed by atoms with Crippen LogP contribution >= 0.6 is 0 Å². The van der Waals surface area contributed by atoms with Crippen LogP contribution in [0.15, 0.2) is 12.1 Å². The predicted molar refractivity (Wildman–Crippen MR) is 67.1 cm³/mol. The third kappa shape index (κ3) is 2.03. The fourth-order valence-corrected chi connectivity index (χ4v) is 2.75. The standard InChI is InChI=1S/C14H17O5/c1-16-11-3-8(4-12(17-2)13(11)15)14-10-7-18-5-9(10)6-19-14/h3-5,9-10,14-15H,6-7H2,1-2H3. The summed E-state index contributed by atoms with van der Waals surface area (Å²) >= 11 is 0. The number of methoxy groups -OCH3 is 2. The maximum Gasteiger partial charge on any atom is 0.200 e. The first-order valence-corrected chi connectivity index (χ1v) is 6.26. The van der Waals surface area contributed by atoms with Gasteiger partial charge < -0.3 is 24.1 Å². The van der Waals surface area contributed by atoms with Crippen molar-refractivity contribution in [3.63, 3.8) is 0 Å². The van der Waals surface area contributed by atoms with Gasteiger partial charge in [-0.3, -0.25) is 0 Å². The minimum atomic E-state index is -0.0489. The molecule has 3 rings (SSSR count).